The molecule has 0 aliphatic carbocycles. The lowest BCUT2D eigenvalue weighted by Gasteiger charge is -2.24. The first-order valence-electron chi connectivity index (χ1n) is 8.21. The summed E-state index contributed by atoms with van der Waals surface area (Å²) in [5.74, 6) is -0.507. The second-order valence-corrected chi connectivity index (χ2v) is 6.17. The Morgan fingerprint density at radius 1 is 1.30 bits per heavy atom. The Balaban J connectivity index is 2.09. The Hall–Kier alpha value is -2.93. The number of carbonyl (C=O) groups excluding carboxylic acids is 1. The Kier molecular flexibility index (Phi) is 5.14. The molecule has 140 valence electrons. The van der Waals surface area contributed by atoms with E-state index in [4.69, 9.17) is 0 Å². The first-order valence-corrected chi connectivity index (χ1v) is 8.21. The molecule has 1 aliphatic heterocycles. The Morgan fingerprint density at radius 3 is 2.56 bits per heavy atom. The van der Waals surface area contributed by atoms with E-state index in [9.17, 15) is 23.1 Å². The number of hydrogen-bond donors (Lipinski definition) is 1. The average Bonchev–Trinajstić information content (AvgIpc) is 2.97. The number of likely N-dealkylation sites (tertiary alicyclic amines) is 1. The maximum Gasteiger partial charge on any atom is 0.416 e. The third-order valence-corrected chi connectivity index (χ3v) is 4.39. The lowest BCUT2D eigenvalue weighted by molar-refractivity contribution is -0.137. The van der Waals surface area contributed by atoms with Crippen molar-refractivity contribution in [1.82, 2.24) is 9.88 Å². The highest BCUT2D eigenvalue weighted by Crippen LogP contribution is 2.39. The quantitative estimate of drug-likeness (QED) is 0.496. The molecule has 1 aromatic carbocycles. The number of ketones is 1. The van der Waals surface area contributed by atoms with Gasteiger partial charge in [0.15, 0.2) is 5.78 Å². The molecule has 0 amide bonds. The second kappa shape index (κ2) is 7.36. The van der Waals surface area contributed by atoms with E-state index in [-0.39, 0.29) is 23.7 Å². The molecule has 2 aromatic rings. The third-order valence-electron chi connectivity index (χ3n) is 4.39. The Morgan fingerprint density at radius 2 is 2.00 bits per heavy atom. The van der Waals surface area contributed by atoms with Gasteiger partial charge < -0.3 is 5.11 Å². The van der Waals surface area contributed by atoms with E-state index in [2.05, 4.69) is 11.6 Å². The standard InChI is InChI=1S/C20H17F3N2O2/c1-2-10-25-12-16(26)17(19(27)14-4-3-9-24-11-14)18(25)13-5-7-15(8-6-13)20(21,22)23/h2-9,11,18,27H,1,10,12H2. The highest BCUT2D eigenvalue weighted by molar-refractivity contribution is 6.06. The molecule has 0 saturated carbocycles. The van der Waals surface area contributed by atoms with Crippen molar-refractivity contribution >= 4 is 11.5 Å². The molecule has 0 radical (unpaired) electrons. The first kappa shape index (κ1) is 18.8. The lowest BCUT2D eigenvalue weighted by Crippen LogP contribution is -2.24. The van der Waals surface area contributed by atoms with Crippen LogP contribution in [0.3, 0.4) is 0 Å². The molecule has 0 bridgehead atoms. The van der Waals surface area contributed by atoms with Gasteiger partial charge in [-0.1, -0.05) is 18.2 Å². The van der Waals surface area contributed by atoms with E-state index in [1.807, 2.05) is 0 Å². The van der Waals surface area contributed by atoms with Crippen molar-refractivity contribution in [2.24, 2.45) is 0 Å². The van der Waals surface area contributed by atoms with Crippen LogP contribution in [-0.4, -0.2) is 33.9 Å². The van der Waals surface area contributed by atoms with Crippen molar-refractivity contribution in [3.8, 4) is 0 Å². The van der Waals surface area contributed by atoms with Crippen molar-refractivity contribution in [2.75, 3.05) is 13.1 Å². The summed E-state index contributed by atoms with van der Waals surface area (Å²) in [5.41, 5.74) is 0.233. The largest absolute Gasteiger partial charge is 0.507 e. The molecule has 1 fully saturated rings. The molecule has 1 unspecified atom stereocenters. The average molecular weight is 374 g/mol. The fraction of sp³-hybridized carbons (Fsp3) is 0.200. The molecular weight excluding hydrogens is 357 g/mol. The van der Waals surface area contributed by atoms with Gasteiger partial charge in [0, 0.05) is 24.5 Å². The van der Waals surface area contributed by atoms with Gasteiger partial charge in [0.1, 0.15) is 5.76 Å². The molecule has 1 saturated heterocycles. The summed E-state index contributed by atoms with van der Waals surface area (Å²) < 4.78 is 38.5. The molecule has 2 heterocycles. The van der Waals surface area contributed by atoms with Crippen LogP contribution in [-0.2, 0) is 11.0 Å². The van der Waals surface area contributed by atoms with Gasteiger partial charge in [-0.25, -0.2) is 0 Å². The number of halogens is 3. The molecule has 3 rings (SSSR count). The van der Waals surface area contributed by atoms with Crippen LogP contribution in [0.5, 0.6) is 0 Å². The Labute approximate surface area is 154 Å². The summed E-state index contributed by atoms with van der Waals surface area (Å²) >= 11 is 0. The number of aromatic nitrogens is 1. The summed E-state index contributed by atoms with van der Waals surface area (Å²) in [5, 5.41) is 10.7. The fourth-order valence-electron chi connectivity index (χ4n) is 3.18. The van der Waals surface area contributed by atoms with Crippen molar-refractivity contribution in [3.63, 3.8) is 0 Å². The van der Waals surface area contributed by atoms with Crippen LogP contribution in [0.4, 0.5) is 13.2 Å². The maximum absolute atomic E-state index is 12.8. The summed E-state index contributed by atoms with van der Waals surface area (Å²) in [6.45, 7) is 4.05. The predicted octanol–water partition coefficient (Wildman–Crippen LogP) is 4.18. The molecule has 1 aliphatic rings. The number of nitrogens with zero attached hydrogens (tertiary/aromatic N) is 2. The number of benzene rings is 1. The predicted molar refractivity (Wildman–Crippen MR) is 94.7 cm³/mol. The minimum atomic E-state index is -4.44. The molecular formula is C20H17F3N2O2. The van der Waals surface area contributed by atoms with Crippen LogP contribution >= 0.6 is 0 Å². The van der Waals surface area contributed by atoms with Crippen LogP contribution in [0.15, 0.2) is 67.0 Å². The third kappa shape index (κ3) is 3.78. The fourth-order valence-corrected chi connectivity index (χ4v) is 3.18. The van der Waals surface area contributed by atoms with Gasteiger partial charge in [0.2, 0.25) is 0 Å². The summed E-state index contributed by atoms with van der Waals surface area (Å²) in [6, 6.07) is 7.18. The van der Waals surface area contributed by atoms with Gasteiger partial charge in [0.05, 0.1) is 23.7 Å². The topological polar surface area (TPSA) is 53.4 Å². The second-order valence-electron chi connectivity index (χ2n) is 6.17. The highest BCUT2D eigenvalue weighted by Gasteiger charge is 2.39. The highest BCUT2D eigenvalue weighted by atomic mass is 19.4. The van der Waals surface area contributed by atoms with E-state index in [1.54, 1.807) is 23.1 Å². The molecule has 27 heavy (non-hydrogen) atoms. The number of hydrogen-bond acceptors (Lipinski definition) is 4. The molecule has 1 aromatic heterocycles. The zero-order valence-electron chi connectivity index (χ0n) is 14.3. The van der Waals surface area contributed by atoms with Gasteiger partial charge in [-0.15, -0.1) is 6.58 Å². The minimum absolute atomic E-state index is 0.0391. The van der Waals surface area contributed by atoms with Gasteiger partial charge >= 0.3 is 6.18 Å². The summed E-state index contributed by atoms with van der Waals surface area (Å²) in [7, 11) is 0. The number of carbonyl (C=O) groups is 1. The van der Waals surface area contributed by atoms with E-state index in [1.165, 1.54) is 24.5 Å². The molecule has 4 nitrogen and oxygen atoms in total. The van der Waals surface area contributed by atoms with Crippen LogP contribution in [0.1, 0.15) is 22.7 Å². The normalized spacial score (nSPS) is 20.0. The summed E-state index contributed by atoms with van der Waals surface area (Å²) in [4.78, 5) is 18.3. The van der Waals surface area contributed by atoms with E-state index < -0.39 is 17.8 Å². The van der Waals surface area contributed by atoms with E-state index in [0.717, 1.165) is 12.1 Å². The van der Waals surface area contributed by atoms with E-state index in [0.29, 0.717) is 17.7 Å². The SMILES string of the molecule is C=CCN1CC(=O)C(=C(O)c2cccnc2)C1c1ccc(C(F)(F)F)cc1. The number of aliphatic hydroxyl groups excluding tert-OH is 1. The van der Waals surface area contributed by atoms with Crippen molar-refractivity contribution in [3.05, 3.63) is 83.7 Å². The number of alkyl halides is 3. The summed E-state index contributed by atoms with van der Waals surface area (Å²) in [6.07, 6.45) is 0.126. The monoisotopic (exact) mass is 374 g/mol. The van der Waals surface area contributed by atoms with Crippen LogP contribution < -0.4 is 0 Å². The zero-order valence-corrected chi connectivity index (χ0v) is 14.3. The van der Waals surface area contributed by atoms with E-state index >= 15 is 0 Å². The van der Waals surface area contributed by atoms with Crippen LogP contribution in [0.25, 0.3) is 5.76 Å². The van der Waals surface area contributed by atoms with Crippen LogP contribution in [0, 0.1) is 0 Å². The zero-order chi connectivity index (χ0) is 19.6. The minimum Gasteiger partial charge on any atom is -0.507 e. The van der Waals surface area contributed by atoms with Gasteiger partial charge in [-0.3, -0.25) is 14.7 Å². The van der Waals surface area contributed by atoms with Crippen molar-refractivity contribution in [1.29, 1.82) is 0 Å². The lowest BCUT2D eigenvalue weighted by atomic mass is 9.95. The molecule has 1 N–H and O–H groups in total. The number of pyridine rings is 1. The van der Waals surface area contributed by atoms with Gasteiger partial charge in [-0.05, 0) is 29.8 Å². The van der Waals surface area contributed by atoms with Gasteiger partial charge in [0.25, 0.3) is 0 Å². The number of aliphatic hydroxyl groups is 1. The van der Waals surface area contributed by atoms with Gasteiger partial charge in [-0.2, -0.15) is 13.2 Å². The number of Topliss-reactive ketones (excluding diaryl/α,β-unsaturated/α-hetero) is 1. The van der Waals surface area contributed by atoms with Crippen molar-refractivity contribution in [2.45, 2.75) is 12.2 Å². The maximum atomic E-state index is 12.8. The molecule has 0 spiro atoms. The first-order chi connectivity index (χ1) is 12.8. The molecule has 7 heteroatoms. The van der Waals surface area contributed by atoms with Crippen LogP contribution in [0.2, 0.25) is 0 Å². The molecule has 1 atom stereocenters. The number of rotatable bonds is 4. The Bertz CT molecular complexity index is 874. The smallest absolute Gasteiger partial charge is 0.416 e. The van der Waals surface area contributed by atoms with Crippen molar-refractivity contribution < 1.29 is 23.1 Å².